The van der Waals surface area contributed by atoms with Crippen LogP contribution in [0.4, 0.5) is 5.69 Å². The van der Waals surface area contributed by atoms with E-state index < -0.39 is 5.91 Å². The number of hydrogen-bond donors (Lipinski definition) is 2. The second kappa shape index (κ2) is 10.6. The summed E-state index contributed by atoms with van der Waals surface area (Å²) in [5.41, 5.74) is 5.07. The highest BCUT2D eigenvalue weighted by atomic mass is 35.5. The van der Waals surface area contributed by atoms with Crippen LogP contribution in [0.5, 0.6) is 5.75 Å². The first-order valence-electron chi connectivity index (χ1n) is 9.29. The fraction of sp³-hybridized carbons (Fsp3) is 0.0870. The molecule has 0 radical (unpaired) electrons. The molecule has 0 aliphatic rings. The first-order chi connectivity index (χ1) is 14.9. The quantitative estimate of drug-likeness (QED) is 0.384. The zero-order chi connectivity index (χ0) is 22.2. The van der Waals surface area contributed by atoms with Gasteiger partial charge >= 0.3 is 0 Å². The summed E-state index contributed by atoms with van der Waals surface area (Å²) in [4.78, 5) is 24.3. The second-order valence-corrected chi connectivity index (χ2v) is 7.37. The number of hydrogen-bond acceptors (Lipinski definition) is 4. The van der Waals surface area contributed by atoms with Crippen LogP contribution in [0.15, 0.2) is 71.8 Å². The molecule has 0 saturated heterocycles. The summed E-state index contributed by atoms with van der Waals surface area (Å²) in [7, 11) is 0. The first-order valence-corrected chi connectivity index (χ1v) is 10.0. The summed E-state index contributed by atoms with van der Waals surface area (Å²) in [6.45, 7) is 1.62. The Hall–Kier alpha value is -3.35. The number of anilines is 1. The summed E-state index contributed by atoms with van der Waals surface area (Å²) in [6.07, 6.45) is 1.50. The van der Waals surface area contributed by atoms with Crippen LogP contribution in [-0.4, -0.2) is 24.6 Å². The van der Waals surface area contributed by atoms with E-state index in [1.54, 1.807) is 66.7 Å². The molecule has 3 aromatic carbocycles. The third kappa shape index (κ3) is 6.57. The topological polar surface area (TPSA) is 79.8 Å². The second-order valence-electron chi connectivity index (χ2n) is 6.52. The van der Waals surface area contributed by atoms with E-state index in [2.05, 4.69) is 15.8 Å². The van der Waals surface area contributed by atoms with Crippen molar-refractivity contribution in [3.63, 3.8) is 0 Å². The van der Waals surface area contributed by atoms with Gasteiger partial charge < -0.3 is 10.1 Å². The minimum Gasteiger partial charge on any atom is -0.484 e. The Bertz CT molecular complexity index is 1100. The molecule has 0 aromatic heterocycles. The molecule has 3 aromatic rings. The summed E-state index contributed by atoms with van der Waals surface area (Å²) in [6, 6.07) is 18.8. The highest BCUT2D eigenvalue weighted by Gasteiger charge is 2.10. The van der Waals surface area contributed by atoms with E-state index in [-0.39, 0.29) is 12.5 Å². The first kappa shape index (κ1) is 22.3. The maximum absolute atomic E-state index is 12.4. The van der Waals surface area contributed by atoms with Gasteiger partial charge in [-0.1, -0.05) is 41.4 Å². The van der Waals surface area contributed by atoms with Gasteiger partial charge in [0.2, 0.25) is 0 Å². The van der Waals surface area contributed by atoms with Gasteiger partial charge in [-0.2, -0.15) is 5.10 Å². The van der Waals surface area contributed by atoms with E-state index in [4.69, 9.17) is 27.9 Å². The van der Waals surface area contributed by atoms with Gasteiger partial charge in [-0.3, -0.25) is 9.59 Å². The van der Waals surface area contributed by atoms with Gasteiger partial charge in [0, 0.05) is 21.3 Å². The average Bonchev–Trinajstić information content (AvgIpc) is 2.77. The molecule has 0 spiro atoms. The Kier molecular flexibility index (Phi) is 7.65. The zero-order valence-electron chi connectivity index (χ0n) is 16.6. The standard InChI is InChI=1S/C23H19Cl2N3O3/c1-15-20(25)3-2-4-21(15)27-23(30)17-7-11-19(12-8-17)31-14-22(29)28-26-13-16-5-9-18(24)10-6-16/h2-13H,14H2,1H3,(H,27,30)(H,28,29)/b26-13-. The van der Waals surface area contributed by atoms with Crippen LogP contribution in [0.25, 0.3) is 0 Å². The van der Waals surface area contributed by atoms with Crippen molar-refractivity contribution < 1.29 is 14.3 Å². The van der Waals surface area contributed by atoms with Crippen molar-refractivity contribution in [2.45, 2.75) is 6.92 Å². The van der Waals surface area contributed by atoms with Gasteiger partial charge in [0.1, 0.15) is 5.75 Å². The number of carbonyl (C=O) groups is 2. The smallest absolute Gasteiger partial charge is 0.277 e. The molecule has 0 unspecified atom stereocenters. The van der Waals surface area contributed by atoms with Gasteiger partial charge in [-0.25, -0.2) is 5.43 Å². The van der Waals surface area contributed by atoms with E-state index in [1.165, 1.54) is 6.21 Å². The zero-order valence-corrected chi connectivity index (χ0v) is 18.1. The van der Waals surface area contributed by atoms with Gasteiger partial charge in [0.15, 0.2) is 6.61 Å². The molecular weight excluding hydrogens is 437 g/mol. The van der Waals surface area contributed by atoms with Crippen LogP contribution in [0.2, 0.25) is 10.0 Å². The molecule has 2 N–H and O–H groups in total. The third-order valence-electron chi connectivity index (χ3n) is 4.28. The molecule has 0 saturated carbocycles. The lowest BCUT2D eigenvalue weighted by Crippen LogP contribution is -2.24. The molecule has 158 valence electrons. The number of amides is 2. The number of hydrazone groups is 1. The van der Waals surface area contributed by atoms with E-state index >= 15 is 0 Å². The number of nitrogens with zero attached hydrogens (tertiary/aromatic N) is 1. The van der Waals surface area contributed by atoms with Crippen molar-refractivity contribution in [2.24, 2.45) is 5.10 Å². The fourth-order valence-electron chi connectivity index (χ4n) is 2.55. The van der Waals surface area contributed by atoms with Crippen molar-refractivity contribution in [3.8, 4) is 5.75 Å². The molecular formula is C23H19Cl2N3O3. The summed E-state index contributed by atoms with van der Waals surface area (Å²) < 4.78 is 5.42. The summed E-state index contributed by atoms with van der Waals surface area (Å²) in [5.74, 6) is -0.234. The van der Waals surface area contributed by atoms with Crippen molar-refractivity contribution in [1.82, 2.24) is 5.43 Å². The molecule has 31 heavy (non-hydrogen) atoms. The van der Waals surface area contributed by atoms with Gasteiger partial charge in [-0.15, -0.1) is 0 Å². The molecule has 0 aliphatic carbocycles. The Morgan fingerprint density at radius 3 is 2.42 bits per heavy atom. The molecule has 0 aliphatic heterocycles. The highest BCUT2D eigenvalue weighted by molar-refractivity contribution is 6.32. The summed E-state index contributed by atoms with van der Waals surface area (Å²) in [5, 5.41) is 7.89. The van der Waals surface area contributed by atoms with Gasteiger partial charge in [0.25, 0.3) is 11.8 Å². The average molecular weight is 456 g/mol. The van der Waals surface area contributed by atoms with E-state index in [9.17, 15) is 9.59 Å². The molecule has 0 atom stereocenters. The molecule has 3 rings (SSSR count). The van der Waals surface area contributed by atoms with Crippen molar-refractivity contribution in [3.05, 3.63) is 93.5 Å². The van der Waals surface area contributed by atoms with Crippen LogP contribution in [0, 0.1) is 6.92 Å². The fourth-order valence-corrected chi connectivity index (χ4v) is 2.85. The Labute approximate surface area is 189 Å². The monoisotopic (exact) mass is 455 g/mol. The van der Waals surface area contributed by atoms with E-state index in [0.717, 1.165) is 11.1 Å². The third-order valence-corrected chi connectivity index (χ3v) is 4.94. The maximum Gasteiger partial charge on any atom is 0.277 e. The molecule has 8 heteroatoms. The lowest BCUT2D eigenvalue weighted by atomic mass is 10.1. The van der Waals surface area contributed by atoms with Gasteiger partial charge in [0.05, 0.1) is 6.21 Å². The lowest BCUT2D eigenvalue weighted by Gasteiger charge is -2.10. The number of ether oxygens (including phenoxy) is 1. The normalized spacial score (nSPS) is 10.7. The van der Waals surface area contributed by atoms with Crippen LogP contribution in [0.3, 0.4) is 0 Å². The lowest BCUT2D eigenvalue weighted by molar-refractivity contribution is -0.123. The van der Waals surface area contributed by atoms with Crippen LogP contribution in [0.1, 0.15) is 21.5 Å². The Morgan fingerprint density at radius 1 is 1.00 bits per heavy atom. The number of nitrogens with one attached hydrogen (secondary N) is 2. The number of halogens is 2. The minimum atomic E-state index is -0.413. The van der Waals surface area contributed by atoms with Gasteiger partial charge in [-0.05, 0) is 66.6 Å². The van der Waals surface area contributed by atoms with Crippen molar-refractivity contribution >= 4 is 46.9 Å². The number of rotatable bonds is 7. The highest BCUT2D eigenvalue weighted by Crippen LogP contribution is 2.23. The molecule has 6 nitrogen and oxygen atoms in total. The van der Waals surface area contributed by atoms with Crippen molar-refractivity contribution in [2.75, 3.05) is 11.9 Å². The predicted molar refractivity (Wildman–Crippen MR) is 123 cm³/mol. The molecule has 0 heterocycles. The van der Waals surface area contributed by atoms with E-state index in [1.807, 2.05) is 6.92 Å². The molecule has 0 bridgehead atoms. The van der Waals surface area contributed by atoms with Crippen LogP contribution >= 0.6 is 23.2 Å². The molecule has 2 amide bonds. The Morgan fingerprint density at radius 2 is 1.71 bits per heavy atom. The number of benzene rings is 3. The van der Waals surface area contributed by atoms with E-state index in [0.29, 0.717) is 27.0 Å². The largest absolute Gasteiger partial charge is 0.484 e. The van der Waals surface area contributed by atoms with Crippen LogP contribution < -0.4 is 15.5 Å². The summed E-state index contributed by atoms with van der Waals surface area (Å²) >= 11 is 11.9. The maximum atomic E-state index is 12.4. The predicted octanol–water partition coefficient (Wildman–Crippen LogP) is 5.08. The molecule has 0 fully saturated rings. The van der Waals surface area contributed by atoms with Crippen LogP contribution in [-0.2, 0) is 4.79 Å². The number of carbonyl (C=O) groups excluding carboxylic acids is 2. The minimum absolute atomic E-state index is 0.217. The Balaban J connectivity index is 1.48. The van der Waals surface area contributed by atoms with Crippen molar-refractivity contribution in [1.29, 1.82) is 0 Å². The SMILES string of the molecule is Cc1c(Cl)cccc1NC(=O)c1ccc(OCC(=O)N/N=C\c2ccc(Cl)cc2)cc1.